The minimum atomic E-state index is 0.288. The van der Waals surface area contributed by atoms with Crippen LogP contribution in [-0.2, 0) is 4.74 Å². The van der Waals surface area contributed by atoms with Gasteiger partial charge in [0.15, 0.2) is 0 Å². The van der Waals surface area contributed by atoms with E-state index in [4.69, 9.17) is 22.1 Å². The highest BCUT2D eigenvalue weighted by molar-refractivity contribution is 6.33. The van der Waals surface area contributed by atoms with Crippen molar-refractivity contribution < 1.29 is 4.74 Å². The minimum absolute atomic E-state index is 0.288. The number of nitrogens with two attached hydrogens (primary N) is 1. The van der Waals surface area contributed by atoms with Gasteiger partial charge in [0.2, 0.25) is 0 Å². The molecule has 0 radical (unpaired) electrons. The zero-order valence-corrected chi connectivity index (χ0v) is 10.6. The molecule has 0 aliphatic rings. The Morgan fingerprint density at radius 2 is 2.25 bits per heavy atom. The van der Waals surface area contributed by atoms with Crippen molar-refractivity contribution in [1.29, 1.82) is 0 Å². The van der Waals surface area contributed by atoms with Gasteiger partial charge in [0.25, 0.3) is 0 Å². The number of ether oxygens (including phenoxy) is 1. The third-order valence-electron chi connectivity index (χ3n) is 2.36. The van der Waals surface area contributed by atoms with Crippen molar-refractivity contribution in [1.82, 2.24) is 0 Å². The Morgan fingerprint density at radius 3 is 2.81 bits per heavy atom. The molecule has 16 heavy (non-hydrogen) atoms. The largest absolute Gasteiger partial charge is 0.399 e. The van der Waals surface area contributed by atoms with E-state index in [9.17, 15) is 0 Å². The highest BCUT2D eigenvalue weighted by atomic mass is 35.5. The molecule has 0 amide bonds. The van der Waals surface area contributed by atoms with E-state index < -0.39 is 0 Å². The summed E-state index contributed by atoms with van der Waals surface area (Å²) in [6, 6.07) is 5.77. The minimum Gasteiger partial charge on any atom is -0.399 e. The van der Waals surface area contributed by atoms with Crippen LogP contribution in [0.3, 0.4) is 0 Å². The lowest BCUT2D eigenvalue weighted by Gasteiger charge is -2.19. The summed E-state index contributed by atoms with van der Waals surface area (Å²) < 4.78 is 5.16. The van der Waals surface area contributed by atoms with Gasteiger partial charge >= 0.3 is 0 Å². The second-order valence-electron chi connectivity index (χ2n) is 3.82. The van der Waals surface area contributed by atoms with Gasteiger partial charge in [-0.1, -0.05) is 24.9 Å². The van der Waals surface area contributed by atoms with E-state index in [1.165, 1.54) is 0 Å². The molecule has 0 saturated heterocycles. The topological polar surface area (TPSA) is 47.3 Å². The van der Waals surface area contributed by atoms with Crippen LogP contribution in [0.25, 0.3) is 0 Å². The molecule has 1 aromatic rings. The first-order chi connectivity index (χ1) is 7.67. The normalized spacial score (nSPS) is 12.4. The third kappa shape index (κ3) is 3.91. The fraction of sp³-hybridized carbons (Fsp3) is 0.500. The molecule has 1 unspecified atom stereocenters. The maximum atomic E-state index is 6.09. The van der Waals surface area contributed by atoms with Gasteiger partial charge in [-0.15, -0.1) is 0 Å². The Bertz CT molecular complexity index is 325. The molecule has 0 spiro atoms. The van der Waals surface area contributed by atoms with Crippen molar-refractivity contribution in [3.63, 3.8) is 0 Å². The standard InChI is InChI=1S/C12H19ClN2O/c1-3-4-10(8-16-2)15-12-6-5-9(14)7-11(12)13/h5-7,10,15H,3-4,8,14H2,1-2H3. The van der Waals surface area contributed by atoms with Crippen LogP contribution in [0.15, 0.2) is 18.2 Å². The number of nitrogen functional groups attached to an aromatic ring is 1. The molecule has 90 valence electrons. The van der Waals surface area contributed by atoms with Gasteiger partial charge < -0.3 is 15.8 Å². The first-order valence-electron chi connectivity index (χ1n) is 5.47. The van der Waals surface area contributed by atoms with Crippen LogP contribution in [-0.4, -0.2) is 19.8 Å². The molecule has 0 heterocycles. The fourth-order valence-electron chi connectivity index (χ4n) is 1.62. The van der Waals surface area contributed by atoms with E-state index in [-0.39, 0.29) is 6.04 Å². The average Bonchev–Trinajstić information content (AvgIpc) is 2.23. The van der Waals surface area contributed by atoms with Crippen LogP contribution in [0.5, 0.6) is 0 Å². The molecule has 0 aliphatic heterocycles. The molecule has 3 N–H and O–H groups in total. The lowest BCUT2D eigenvalue weighted by Crippen LogP contribution is -2.24. The maximum absolute atomic E-state index is 6.09. The van der Waals surface area contributed by atoms with Gasteiger partial charge in [0.1, 0.15) is 0 Å². The molecule has 0 fully saturated rings. The summed E-state index contributed by atoms with van der Waals surface area (Å²) in [5.41, 5.74) is 7.22. The first-order valence-corrected chi connectivity index (χ1v) is 5.85. The van der Waals surface area contributed by atoms with Gasteiger partial charge in [0.05, 0.1) is 17.3 Å². The second kappa shape index (κ2) is 6.61. The van der Waals surface area contributed by atoms with Crippen LogP contribution in [0.4, 0.5) is 11.4 Å². The molecular formula is C12H19ClN2O. The molecule has 1 aromatic carbocycles. The van der Waals surface area contributed by atoms with Crippen molar-refractivity contribution >= 4 is 23.0 Å². The summed E-state index contributed by atoms with van der Waals surface area (Å²) in [6.45, 7) is 2.82. The molecule has 1 rings (SSSR count). The van der Waals surface area contributed by atoms with Gasteiger partial charge in [0, 0.05) is 18.8 Å². The fourth-order valence-corrected chi connectivity index (χ4v) is 1.86. The SMILES string of the molecule is CCCC(COC)Nc1ccc(N)cc1Cl. The van der Waals surface area contributed by atoms with Crippen LogP contribution < -0.4 is 11.1 Å². The number of anilines is 2. The van der Waals surface area contributed by atoms with Crippen LogP contribution in [0, 0.1) is 0 Å². The predicted molar refractivity (Wildman–Crippen MR) is 70.1 cm³/mol. The van der Waals surface area contributed by atoms with Gasteiger partial charge in [-0.25, -0.2) is 0 Å². The van der Waals surface area contributed by atoms with E-state index in [0.717, 1.165) is 18.5 Å². The number of benzene rings is 1. The molecule has 4 heteroatoms. The maximum Gasteiger partial charge on any atom is 0.0664 e. The van der Waals surface area contributed by atoms with Crippen molar-refractivity contribution in [3.8, 4) is 0 Å². The summed E-state index contributed by atoms with van der Waals surface area (Å²) in [6.07, 6.45) is 2.15. The first kappa shape index (κ1) is 13.1. The Balaban J connectivity index is 2.68. The van der Waals surface area contributed by atoms with E-state index >= 15 is 0 Å². The number of hydrogen-bond acceptors (Lipinski definition) is 3. The molecule has 0 aliphatic carbocycles. The van der Waals surface area contributed by atoms with Crippen molar-refractivity contribution in [3.05, 3.63) is 23.2 Å². The smallest absolute Gasteiger partial charge is 0.0664 e. The zero-order valence-electron chi connectivity index (χ0n) is 9.79. The lowest BCUT2D eigenvalue weighted by molar-refractivity contribution is 0.182. The molecule has 1 atom stereocenters. The van der Waals surface area contributed by atoms with Crippen molar-refractivity contribution in [2.75, 3.05) is 24.8 Å². The number of halogens is 1. The molecule has 0 saturated carbocycles. The summed E-state index contributed by atoms with van der Waals surface area (Å²) in [5.74, 6) is 0. The van der Waals surface area contributed by atoms with E-state index in [1.807, 2.05) is 12.1 Å². The van der Waals surface area contributed by atoms with E-state index in [2.05, 4.69) is 12.2 Å². The molecular weight excluding hydrogens is 224 g/mol. The monoisotopic (exact) mass is 242 g/mol. The van der Waals surface area contributed by atoms with Crippen molar-refractivity contribution in [2.24, 2.45) is 0 Å². The Hall–Kier alpha value is -0.930. The van der Waals surface area contributed by atoms with Crippen LogP contribution in [0.1, 0.15) is 19.8 Å². The summed E-state index contributed by atoms with van der Waals surface area (Å²) in [7, 11) is 1.70. The van der Waals surface area contributed by atoms with Crippen molar-refractivity contribution in [2.45, 2.75) is 25.8 Å². The average molecular weight is 243 g/mol. The van der Waals surface area contributed by atoms with Gasteiger partial charge in [-0.05, 0) is 24.6 Å². The van der Waals surface area contributed by atoms with E-state index in [1.54, 1.807) is 13.2 Å². The number of methoxy groups -OCH3 is 1. The predicted octanol–water partition coefficient (Wildman–Crippen LogP) is 3.15. The summed E-state index contributed by atoms with van der Waals surface area (Å²) in [5, 5.41) is 4.01. The third-order valence-corrected chi connectivity index (χ3v) is 2.67. The Labute approximate surface area is 102 Å². The highest BCUT2D eigenvalue weighted by Crippen LogP contribution is 2.25. The molecule has 0 bridgehead atoms. The van der Waals surface area contributed by atoms with E-state index in [0.29, 0.717) is 17.3 Å². The summed E-state index contributed by atoms with van der Waals surface area (Å²) in [4.78, 5) is 0. The van der Waals surface area contributed by atoms with Gasteiger partial charge in [-0.3, -0.25) is 0 Å². The van der Waals surface area contributed by atoms with Crippen LogP contribution in [0.2, 0.25) is 5.02 Å². The Kier molecular flexibility index (Phi) is 5.43. The Morgan fingerprint density at radius 1 is 1.50 bits per heavy atom. The number of hydrogen-bond donors (Lipinski definition) is 2. The quantitative estimate of drug-likeness (QED) is 0.754. The van der Waals surface area contributed by atoms with Crippen LogP contribution >= 0.6 is 11.6 Å². The number of rotatable bonds is 6. The molecule has 3 nitrogen and oxygen atoms in total. The second-order valence-corrected chi connectivity index (χ2v) is 4.23. The molecule has 0 aromatic heterocycles. The zero-order chi connectivity index (χ0) is 12.0. The van der Waals surface area contributed by atoms with Gasteiger partial charge in [-0.2, -0.15) is 0 Å². The lowest BCUT2D eigenvalue weighted by atomic mass is 10.1. The number of nitrogens with one attached hydrogen (secondary N) is 1. The highest BCUT2D eigenvalue weighted by Gasteiger charge is 2.09. The summed E-state index contributed by atoms with van der Waals surface area (Å²) >= 11 is 6.09.